The number of carboxylic acid groups (broad SMARTS) is 1. The van der Waals surface area contributed by atoms with Gasteiger partial charge in [-0.3, -0.25) is 0 Å². The van der Waals surface area contributed by atoms with Crippen LogP contribution in [0.1, 0.15) is 23.7 Å². The lowest BCUT2D eigenvalue weighted by Gasteiger charge is -2.13. The predicted octanol–water partition coefficient (Wildman–Crippen LogP) is 1.35. The van der Waals surface area contributed by atoms with Crippen molar-refractivity contribution in [2.24, 2.45) is 0 Å². The summed E-state index contributed by atoms with van der Waals surface area (Å²) in [4.78, 5) is 9.67. The summed E-state index contributed by atoms with van der Waals surface area (Å²) in [6.45, 7) is 1.44. The second kappa shape index (κ2) is 5.98. The summed E-state index contributed by atoms with van der Waals surface area (Å²) in [6.07, 6.45) is 5.05. The molecule has 0 radical (unpaired) electrons. The molecule has 1 unspecified atom stereocenters. The van der Waals surface area contributed by atoms with E-state index in [1.807, 2.05) is 4.72 Å². The normalized spacial score (nSPS) is 12.7. The second-order valence-corrected chi connectivity index (χ2v) is 5.69. The minimum absolute atomic E-state index is 0.0436. The molecule has 1 aromatic carbocycles. The molecule has 0 aliphatic carbocycles. The van der Waals surface area contributed by atoms with Gasteiger partial charge in [-0.15, -0.1) is 12.3 Å². The average Bonchev–Trinajstić information content (AvgIpc) is 2.31. The van der Waals surface area contributed by atoms with Gasteiger partial charge in [-0.05, 0) is 19.1 Å². The smallest absolute Gasteiger partial charge is 0.335 e. The Hall–Kier alpha value is -1.98. The fourth-order valence-corrected chi connectivity index (χ4v) is 2.79. The Kier molecular flexibility index (Phi) is 4.81. The van der Waals surface area contributed by atoms with E-state index in [1.54, 1.807) is 0 Å². The van der Waals surface area contributed by atoms with Gasteiger partial charge in [-0.2, -0.15) is 0 Å². The fraction of sp³-hybridized carbons (Fsp3) is 0.250. The van der Waals surface area contributed by atoms with Gasteiger partial charge in [0.05, 0.1) is 5.56 Å². The third-order valence-electron chi connectivity index (χ3n) is 2.31. The lowest BCUT2D eigenvalue weighted by Crippen LogP contribution is -2.33. The van der Waals surface area contributed by atoms with Crippen molar-refractivity contribution in [2.75, 3.05) is 0 Å². The molecule has 0 aliphatic heterocycles. The number of hydrogen-bond donors (Lipinski definition) is 2. The van der Waals surface area contributed by atoms with E-state index in [0.29, 0.717) is 12.1 Å². The number of sulfonamides is 1. The number of halogens is 2. The molecule has 5 nitrogen and oxygen atoms in total. The van der Waals surface area contributed by atoms with Crippen LogP contribution in [-0.4, -0.2) is 25.5 Å². The molecule has 0 bridgehead atoms. The van der Waals surface area contributed by atoms with Crippen LogP contribution < -0.4 is 4.72 Å². The standard InChI is InChI=1S/C12H11F2NO4S/c1-3-4-7(2)15-20(18,19)10-6-8(12(16)17)5-9(13)11(10)14/h1,5-7,15H,4H2,2H3,(H,16,17). The first kappa shape index (κ1) is 16.1. The third kappa shape index (κ3) is 3.53. The van der Waals surface area contributed by atoms with Gasteiger partial charge in [0.2, 0.25) is 10.0 Å². The maximum absolute atomic E-state index is 13.5. The van der Waals surface area contributed by atoms with Gasteiger partial charge in [0.15, 0.2) is 11.6 Å². The molecule has 0 aliphatic rings. The van der Waals surface area contributed by atoms with E-state index in [2.05, 4.69) is 5.92 Å². The van der Waals surface area contributed by atoms with Crippen LogP contribution in [0.25, 0.3) is 0 Å². The lowest BCUT2D eigenvalue weighted by molar-refractivity contribution is 0.0696. The molecule has 0 amide bonds. The van der Waals surface area contributed by atoms with Crippen molar-refractivity contribution >= 4 is 16.0 Å². The van der Waals surface area contributed by atoms with Crippen molar-refractivity contribution in [1.29, 1.82) is 0 Å². The van der Waals surface area contributed by atoms with Crippen molar-refractivity contribution < 1.29 is 27.1 Å². The molecule has 0 aromatic heterocycles. The Labute approximate surface area is 114 Å². The van der Waals surface area contributed by atoms with Crippen LogP contribution in [0.5, 0.6) is 0 Å². The number of hydrogen-bond acceptors (Lipinski definition) is 3. The summed E-state index contributed by atoms with van der Waals surface area (Å²) in [6, 6.07) is 0.244. The maximum atomic E-state index is 13.5. The molecule has 8 heteroatoms. The number of benzene rings is 1. The lowest BCUT2D eigenvalue weighted by atomic mass is 10.2. The molecular weight excluding hydrogens is 292 g/mol. The van der Waals surface area contributed by atoms with Crippen molar-refractivity contribution in [3.63, 3.8) is 0 Å². The van der Waals surface area contributed by atoms with Crippen LogP contribution in [0, 0.1) is 24.0 Å². The summed E-state index contributed by atoms with van der Waals surface area (Å²) in [5.41, 5.74) is -0.672. The molecule has 0 spiro atoms. The van der Waals surface area contributed by atoms with Crippen LogP contribution >= 0.6 is 0 Å². The minimum atomic E-state index is -4.41. The van der Waals surface area contributed by atoms with Gasteiger partial charge < -0.3 is 5.11 Å². The molecule has 0 saturated carbocycles. The Balaban J connectivity index is 3.31. The summed E-state index contributed by atoms with van der Waals surface area (Å²) >= 11 is 0. The van der Waals surface area contributed by atoms with Gasteiger partial charge in [0.1, 0.15) is 4.90 Å². The van der Waals surface area contributed by atoms with Gasteiger partial charge in [-0.25, -0.2) is 26.7 Å². The second-order valence-electron chi connectivity index (χ2n) is 4.01. The summed E-state index contributed by atoms with van der Waals surface area (Å²) < 4.78 is 52.6. The zero-order chi connectivity index (χ0) is 15.5. The molecule has 108 valence electrons. The molecule has 1 rings (SSSR count). The number of nitrogens with one attached hydrogen (secondary N) is 1. The highest BCUT2D eigenvalue weighted by molar-refractivity contribution is 7.89. The zero-order valence-electron chi connectivity index (χ0n) is 10.4. The van der Waals surface area contributed by atoms with E-state index in [4.69, 9.17) is 11.5 Å². The number of carboxylic acids is 1. The van der Waals surface area contributed by atoms with E-state index in [0.717, 1.165) is 0 Å². The SMILES string of the molecule is C#CCC(C)NS(=O)(=O)c1cc(C(=O)O)cc(F)c1F. The number of terminal acetylenes is 1. The van der Waals surface area contributed by atoms with Crippen LogP contribution in [0.3, 0.4) is 0 Å². The zero-order valence-corrected chi connectivity index (χ0v) is 11.2. The van der Waals surface area contributed by atoms with E-state index in [-0.39, 0.29) is 6.42 Å². The van der Waals surface area contributed by atoms with Crippen LogP contribution in [-0.2, 0) is 10.0 Å². The van der Waals surface area contributed by atoms with Gasteiger partial charge >= 0.3 is 5.97 Å². The summed E-state index contributed by atoms with van der Waals surface area (Å²) in [5, 5.41) is 8.73. The minimum Gasteiger partial charge on any atom is -0.478 e. The average molecular weight is 303 g/mol. The fourth-order valence-electron chi connectivity index (χ4n) is 1.43. The Bertz CT molecular complexity index is 679. The topological polar surface area (TPSA) is 83.5 Å². The van der Waals surface area contributed by atoms with Crippen molar-refractivity contribution in [3.05, 3.63) is 29.3 Å². The highest BCUT2D eigenvalue weighted by Crippen LogP contribution is 2.20. The molecule has 2 N–H and O–H groups in total. The summed E-state index contributed by atoms with van der Waals surface area (Å²) in [5.74, 6) is -2.57. The van der Waals surface area contributed by atoms with Crippen LogP contribution in [0.4, 0.5) is 8.78 Å². The molecule has 1 atom stereocenters. The van der Waals surface area contributed by atoms with Crippen molar-refractivity contribution in [1.82, 2.24) is 4.72 Å². The number of aromatic carboxylic acids is 1. The predicted molar refractivity (Wildman–Crippen MR) is 66.6 cm³/mol. The van der Waals surface area contributed by atoms with E-state index in [1.165, 1.54) is 6.92 Å². The van der Waals surface area contributed by atoms with Crippen molar-refractivity contribution in [3.8, 4) is 12.3 Å². The molecule has 0 fully saturated rings. The van der Waals surface area contributed by atoms with Gasteiger partial charge in [0, 0.05) is 12.5 Å². The number of carbonyl (C=O) groups is 1. The van der Waals surface area contributed by atoms with E-state index >= 15 is 0 Å². The van der Waals surface area contributed by atoms with Gasteiger partial charge in [0.25, 0.3) is 0 Å². The first-order chi connectivity index (χ1) is 9.19. The Morgan fingerprint density at radius 2 is 2.10 bits per heavy atom. The Morgan fingerprint density at radius 3 is 2.60 bits per heavy atom. The first-order valence-electron chi connectivity index (χ1n) is 5.37. The molecule has 20 heavy (non-hydrogen) atoms. The maximum Gasteiger partial charge on any atom is 0.335 e. The molecule has 0 heterocycles. The largest absolute Gasteiger partial charge is 0.478 e. The molecule has 1 aromatic rings. The van der Waals surface area contributed by atoms with Crippen LogP contribution in [0.15, 0.2) is 17.0 Å². The first-order valence-corrected chi connectivity index (χ1v) is 6.85. The van der Waals surface area contributed by atoms with E-state index in [9.17, 15) is 22.0 Å². The van der Waals surface area contributed by atoms with Crippen molar-refractivity contribution in [2.45, 2.75) is 24.3 Å². The third-order valence-corrected chi connectivity index (χ3v) is 3.90. The summed E-state index contributed by atoms with van der Waals surface area (Å²) in [7, 11) is -4.41. The highest BCUT2D eigenvalue weighted by atomic mass is 32.2. The molecular formula is C12H11F2NO4S. The quantitative estimate of drug-likeness (QED) is 0.804. The van der Waals surface area contributed by atoms with Crippen LogP contribution in [0.2, 0.25) is 0 Å². The van der Waals surface area contributed by atoms with Gasteiger partial charge in [-0.1, -0.05) is 0 Å². The number of rotatable bonds is 5. The molecule has 0 saturated heterocycles. The van der Waals surface area contributed by atoms with E-state index < -0.39 is 44.1 Å². The Morgan fingerprint density at radius 1 is 1.50 bits per heavy atom. The highest BCUT2D eigenvalue weighted by Gasteiger charge is 2.25. The monoisotopic (exact) mass is 303 g/mol.